The van der Waals surface area contributed by atoms with Gasteiger partial charge in [0.25, 0.3) is 11.7 Å². The van der Waals surface area contributed by atoms with Crippen LogP contribution in [0.1, 0.15) is 34.7 Å². The van der Waals surface area contributed by atoms with Gasteiger partial charge in [0.2, 0.25) is 0 Å². The summed E-state index contributed by atoms with van der Waals surface area (Å²) in [5.41, 5.74) is 3.21. The first kappa shape index (κ1) is 26.6. The Kier molecular flexibility index (Phi) is 8.46. The fraction of sp³-hybridized carbons (Fsp3) is 0.267. The van der Waals surface area contributed by atoms with Crippen molar-refractivity contribution in [3.8, 4) is 5.75 Å². The number of hydrogen-bond acceptors (Lipinski definition) is 5. The summed E-state index contributed by atoms with van der Waals surface area (Å²) >= 11 is 3.49. The van der Waals surface area contributed by atoms with Crippen molar-refractivity contribution in [2.45, 2.75) is 26.0 Å². The number of aliphatic hydroxyl groups excluding tert-OH is 1. The molecule has 1 saturated heterocycles. The minimum Gasteiger partial charge on any atom is -0.507 e. The standard InChI is InChI=1S/C30H31BrN2O4/c1-20-17-23(13-14-25(20)37-19-21-9-5-4-6-10-21)28(34)26-27(22-11-7-12-24(31)18-22)33(30(36)29(26)35)16-8-15-32(2)3/h4-7,9-14,17-18,27,34H,8,15-16,19H2,1-3H3/b28-26+/t27-/m0/s1. The first-order chi connectivity index (χ1) is 17.8. The van der Waals surface area contributed by atoms with Gasteiger partial charge < -0.3 is 19.6 Å². The zero-order valence-corrected chi connectivity index (χ0v) is 22.9. The van der Waals surface area contributed by atoms with E-state index in [1.807, 2.05) is 80.5 Å². The number of rotatable bonds is 9. The number of nitrogens with zero attached hydrogens (tertiary/aromatic N) is 2. The van der Waals surface area contributed by atoms with Crippen molar-refractivity contribution in [2.75, 3.05) is 27.2 Å². The van der Waals surface area contributed by atoms with Crippen LogP contribution in [0.5, 0.6) is 5.75 Å². The van der Waals surface area contributed by atoms with Crippen LogP contribution in [0, 0.1) is 6.92 Å². The molecule has 1 aliphatic rings. The van der Waals surface area contributed by atoms with Gasteiger partial charge in [-0.15, -0.1) is 0 Å². The van der Waals surface area contributed by atoms with E-state index < -0.39 is 17.7 Å². The van der Waals surface area contributed by atoms with Gasteiger partial charge >= 0.3 is 0 Å². The van der Waals surface area contributed by atoms with Crippen LogP contribution in [-0.2, 0) is 16.2 Å². The number of amides is 1. The molecule has 37 heavy (non-hydrogen) atoms. The van der Waals surface area contributed by atoms with Crippen molar-refractivity contribution in [3.05, 3.63) is 105 Å². The predicted molar refractivity (Wildman–Crippen MR) is 148 cm³/mol. The monoisotopic (exact) mass is 562 g/mol. The van der Waals surface area contributed by atoms with Crippen LogP contribution in [0.3, 0.4) is 0 Å². The first-order valence-corrected chi connectivity index (χ1v) is 13.0. The van der Waals surface area contributed by atoms with Gasteiger partial charge in [0, 0.05) is 16.6 Å². The highest BCUT2D eigenvalue weighted by Crippen LogP contribution is 2.40. The third-order valence-electron chi connectivity index (χ3n) is 6.39. The summed E-state index contributed by atoms with van der Waals surface area (Å²) in [7, 11) is 3.94. The van der Waals surface area contributed by atoms with Crippen molar-refractivity contribution in [1.82, 2.24) is 9.80 Å². The predicted octanol–water partition coefficient (Wildman–Crippen LogP) is 5.71. The van der Waals surface area contributed by atoms with E-state index in [4.69, 9.17) is 4.74 Å². The fourth-order valence-corrected chi connectivity index (χ4v) is 4.96. The smallest absolute Gasteiger partial charge is 0.295 e. The molecule has 0 radical (unpaired) electrons. The van der Waals surface area contributed by atoms with Crippen LogP contribution in [0.15, 0.2) is 82.8 Å². The van der Waals surface area contributed by atoms with E-state index in [0.29, 0.717) is 30.9 Å². The topological polar surface area (TPSA) is 70.1 Å². The number of aryl methyl sites for hydroxylation is 1. The molecule has 192 valence electrons. The van der Waals surface area contributed by atoms with Gasteiger partial charge in [0.05, 0.1) is 11.6 Å². The normalized spacial score (nSPS) is 17.0. The number of Topliss-reactive ketones (excluding diaryl/α,β-unsaturated/α-hetero) is 1. The summed E-state index contributed by atoms with van der Waals surface area (Å²) in [4.78, 5) is 30.0. The summed E-state index contributed by atoms with van der Waals surface area (Å²) in [6, 6.07) is 22.0. The molecule has 6 nitrogen and oxygen atoms in total. The van der Waals surface area contributed by atoms with Crippen molar-refractivity contribution < 1.29 is 19.4 Å². The molecule has 1 amide bonds. The molecule has 1 atom stereocenters. The Hall–Kier alpha value is -3.42. The van der Waals surface area contributed by atoms with E-state index in [1.165, 1.54) is 0 Å². The molecular weight excluding hydrogens is 532 g/mol. The van der Waals surface area contributed by atoms with Crippen molar-refractivity contribution in [2.24, 2.45) is 0 Å². The Balaban J connectivity index is 1.68. The minimum absolute atomic E-state index is 0.102. The summed E-state index contributed by atoms with van der Waals surface area (Å²) in [6.45, 7) is 3.50. The molecule has 0 spiro atoms. The van der Waals surface area contributed by atoms with Crippen molar-refractivity contribution in [1.29, 1.82) is 0 Å². The number of benzene rings is 3. The molecule has 3 aromatic rings. The second-order valence-corrected chi connectivity index (χ2v) is 10.4. The lowest BCUT2D eigenvalue weighted by Gasteiger charge is -2.26. The van der Waals surface area contributed by atoms with Gasteiger partial charge in [-0.05, 0) is 81.0 Å². The number of ketones is 1. The largest absolute Gasteiger partial charge is 0.507 e. The average Bonchev–Trinajstić information content (AvgIpc) is 3.13. The van der Waals surface area contributed by atoms with Crippen LogP contribution in [-0.4, -0.2) is 53.8 Å². The van der Waals surface area contributed by atoms with E-state index in [2.05, 4.69) is 15.9 Å². The number of carbonyl (C=O) groups excluding carboxylic acids is 2. The van der Waals surface area contributed by atoms with Gasteiger partial charge in [0.1, 0.15) is 18.1 Å². The van der Waals surface area contributed by atoms with Gasteiger partial charge in [-0.2, -0.15) is 0 Å². The lowest BCUT2D eigenvalue weighted by molar-refractivity contribution is -0.139. The Labute approximate surface area is 226 Å². The Morgan fingerprint density at radius 1 is 1.03 bits per heavy atom. The number of halogens is 1. The number of ether oxygens (including phenoxy) is 1. The van der Waals surface area contributed by atoms with E-state index >= 15 is 0 Å². The van der Waals surface area contributed by atoms with E-state index in [-0.39, 0.29) is 11.3 Å². The molecule has 0 aliphatic carbocycles. The van der Waals surface area contributed by atoms with Crippen LogP contribution in [0.2, 0.25) is 0 Å². The maximum atomic E-state index is 13.3. The zero-order valence-electron chi connectivity index (χ0n) is 21.3. The molecule has 3 aromatic carbocycles. The highest BCUT2D eigenvalue weighted by Gasteiger charge is 2.45. The van der Waals surface area contributed by atoms with Crippen LogP contribution >= 0.6 is 15.9 Å². The van der Waals surface area contributed by atoms with Gasteiger partial charge in [-0.25, -0.2) is 0 Å². The van der Waals surface area contributed by atoms with Gasteiger partial charge in [-0.1, -0.05) is 58.4 Å². The van der Waals surface area contributed by atoms with Crippen LogP contribution in [0.25, 0.3) is 5.76 Å². The first-order valence-electron chi connectivity index (χ1n) is 12.2. The molecule has 0 saturated carbocycles. The van der Waals surface area contributed by atoms with Crippen LogP contribution in [0.4, 0.5) is 0 Å². The van der Waals surface area contributed by atoms with Gasteiger partial charge in [-0.3, -0.25) is 9.59 Å². The lowest BCUT2D eigenvalue weighted by Crippen LogP contribution is -2.32. The minimum atomic E-state index is -0.672. The SMILES string of the molecule is Cc1cc(/C(O)=C2\C(=O)C(=O)N(CCCN(C)C)[C@H]2c2cccc(Br)c2)ccc1OCc1ccccc1. The molecule has 1 heterocycles. The molecule has 0 aromatic heterocycles. The maximum absolute atomic E-state index is 13.3. The number of aliphatic hydroxyl groups is 1. The highest BCUT2D eigenvalue weighted by molar-refractivity contribution is 9.10. The Bertz CT molecular complexity index is 1320. The summed E-state index contributed by atoms with van der Waals surface area (Å²) < 4.78 is 6.80. The third kappa shape index (κ3) is 6.12. The quantitative estimate of drug-likeness (QED) is 0.205. The Morgan fingerprint density at radius 2 is 1.78 bits per heavy atom. The molecule has 0 unspecified atom stereocenters. The molecule has 1 aliphatic heterocycles. The van der Waals surface area contributed by atoms with Gasteiger partial charge in [0.15, 0.2) is 0 Å². The number of likely N-dealkylation sites (tertiary alicyclic amines) is 1. The molecular formula is C30H31BrN2O4. The molecule has 1 N–H and O–H groups in total. The van der Waals surface area contributed by atoms with E-state index in [1.54, 1.807) is 23.1 Å². The van der Waals surface area contributed by atoms with E-state index in [0.717, 1.165) is 27.7 Å². The molecule has 1 fully saturated rings. The summed E-state index contributed by atoms with van der Waals surface area (Å²) in [5.74, 6) is -0.761. The third-order valence-corrected chi connectivity index (χ3v) is 6.89. The molecule has 0 bridgehead atoms. The van der Waals surface area contributed by atoms with Crippen molar-refractivity contribution in [3.63, 3.8) is 0 Å². The Morgan fingerprint density at radius 3 is 2.46 bits per heavy atom. The molecule has 7 heteroatoms. The maximum Gasteiger partial charge on any atom is 0.295 e. The summed E-state index contributed by atoms with van der Waals surface area (Å²) in [6.07, 6.45) is 0.705. The fourth-order valence-electron chi connectivity index (χ4n) is 4.54. The second-order valence-electron chi connectivity index (χ2n) is 9.46. The summed E-state index contributed by atoms with van der Waals surface area (Å²) in [5, 5.41) is 11.4. The van der Waals surface area contributed by atoms with Crippen molar-refractivity contribution >= 4 is 33.4 Å². The number of hydrogen-bond donors (Lipinski definition) is 1. The van der Waals surface area contributed by atoms with Crippen LogP contribution < -0.4 is 4.74 Å². The highest BCUT2D eigenvalue weighted by atomic mass is 79.9. The van der Waals surface area contributed by atoms with E-state index in [9.17, 15) is 14.7 Å². The average molecular weight is 563 g/mol. The second kappa shape index (κ2) is 11.8. The zero-order chi connectivity index (χ0) is 26.5. The number of carbonyl (C=O) groups is 2. The molecule has 4 rings (SSSR count). The lowest BCUT2D eigenvalue weighted by atomic mass is 9.94.